The van der Waals surface area contributed by atoms with Gasteiger partial charge in [-0.25, -0.2) is 0 Å². The molecular weight excluding hydrogens is 244 g/mol. The number of methoxy groups -OCH3 is 1. The second-order valence-electron chi connectivity index (χ2n) is 5.33. The number of benzene rings is 1. The lowest BCUT2D eigenvalue weighted by Crippen LogP contribution is -2.35. The van der Waals surface area contributed by atoms with Gasteiger partial charge in [-0.15, -0.1) is 0 Å². The van der Waals surface area contributed by atoms with E-state index in [0.29, 0.717) is 12.3 Å². The van der Waals surface area contributed by atoms with E-state index in [9.17, 15) is 4.79 Å². The fourth-order valence-electron chi connectivity index (χ4n) is 1.47. The molecule has 0 bridgehead atoms. The number of rotatable bonds is 6. The van der Waals surface area contributed by atoms with Crippen LogP contribution >= 0.6 is 0 Å². The Morgan fingerprint density at radius 1 is 1.37 bits per heavy atom. The Morgan fingerprint density at radius 2 is 2.05 bits per heavy atom. The molecule has 19 heavy (non-hydrogen) atoms. The topological polar surface area (TPSA) is 73.6 Å². The number of nitrogens with two attached hydrogens (primary N) is 1. The Balaban J connectivity index is 2.85. The fraction of sp³-hybridized carbons (Fsp3) is 0.500. The van der Waals surface area contributed by atoms with E-state index in [2.05, 4.69) is 26.1 Å². The van der Waals surface area contributed by atoms with Crippen LogP contribution in [0.15, 0.2) is 18.2 Å². The molecule has 1 aromatic carbocycles. The van der Waals surface area contributed by atoms with Crippen LogP contribution in [0.25, 0.3) is 0 Å². The predicted octanol–water partition coefficient (Wildman–Crippen LogP) is 1.45. The van der Waals surface area contributed by atoms with Crippen LogP contribution in [0.4, 0.5) is 0 Å². The van der Waals surface area contributed by atoms with E-state index in [4.69, 9.17) is 15.2 Å². The van der Waals surface area contributed by atoms with Crippen molar-refractivity contribution in [2.75, 3.05) is 13.7 Å². The first-order valence-electron chi connectivity index (χ1n) is 6.15. The Labute approximate surface area is 114 Å². The highest BCUT2D eigenvalue weighted by Gasteiger charge is 2.12. The number of nitrogens with one attached hydrogen (secondary N) is 1. The molecule has 0 fully saturated rings. The van der Waals surface area contributed by atoms with Gasteiger partial charge in [-0.3, -0.25) is 4.79 Å². The van der Waals surface area contributed by atoms with Gasteiger partial charge in [0.25, 0.3) is 5.91 Å². The predicted molar refractivity (Wildman–Crippen MR) is 74.3 cm³/mol. The van der Waals surface area contributed by atoms with Crippen molar-refractivity contribution in [3.63, 3.8) is 0 Å². The summed E-state index contributed by atoms with van der Waals surface area (Å²) in [6.07, 6.45) is 0. The number of carbonyl (C=O) groups is 1. The number of hydrogen-bond acceptors (Lipinski definition) is 4. The summed E-state index contributed by atoms with van der Waals surface area (Å²) in [7, 11) is 1.61. The van der Waals surface area contributed by atoms with Gasteiger partial charge in [0, 0.05) is 17.6 Å². The van der Waals surface area contributed by atoms with Crippen LogP contribution in [-0.4, -0.2) is 25.2 Å². The SMILES string of the molecule is COc1ccc(OCC(N)=O)c(CNC(C)(C)C)c1. The van der Waals surface area contributed by atoms with Gasteiger partial charge in [0.15, 0.2) is 6.61 Å². The van der Waals surface area contributed by atoms with Crippen molar-refractivity contribution in [1.82, 2.24) is 5.32 Å². The Hall–Kier alpha value is -1.75. The van der Waals surface area contributed by atoms with Gasteiger partial charge in [-0.1, -0.05) is 0 Å². The van der Waals surface area contributed by atoms with Crippen molar-refractivity contribution in [3.05, 3.63) is 23.8 Å². The first-order chi connectivity index (χ1) is 8.81. The molecule has 5 nitrogen and oxygen atoms in total. The molecule has 3 N–H and O–H groups in total. The van der Waals surface area contributed by atoms with Crippen LogP contribution in [0, 0.1) is 0 Å². The summed E-state index contributed by atoms with van der Waals surface area (Å²) in [5, 5.41) is 3.37. The summed E-state index contributed by atoms with van der Waals surface area (Å²) in [5.41, 5.74) is 6.00. The highest BCUT2D eigenvalue weighted by Crippen LogP contribution is 2.24. The number of ether oxygens (including phenoxy) is 2. The van der Waals surface area contributed by atoms with Crippen molar-refractivity contribution in [2.24, 2.45) is 5.73 Å². The van der Waals surface area contributed by atoms with E-state index in [1.165, 1.54) is 0 Å². The normalized spacial score (nSPS) is 11.2. The average Bonchev–Trinajstić information content (AvgIpc) is 2.33. The molecule has 1 amide bonds. The van der Waals surface area contributed by atoms with Crippen molar-refractivity contribution in [3.8, 4) is 11.5 Å². The van der Waals surface area contributed by atoms with E-state index in [-0.39, 0.29) is 12.1 Å². The molecule has 0 saturated carbocycles. The van der Waals surface area contributed by atoms with Crippen LogP contribution in [-0.2, 0) is 11.3 Å². The quantitative estimate of drug-likeness (QED) is 0.817. The summed E-state index contributed by atoms with van der Waals surface area (Å²) in [6, 6.07) is 5.45. The van der Waals surface area contributed by atoms with E-state index in [1.807, 2.05) is 6.07 Å². The van der Waals surface area contributed by atoms with Gasteiger partial charge in [-0.05, 0) is 39.0 Å². The summed E-state index contributed by atoms with van der Waals surface area (Å²) in [4.78, 5) is 10.8. The molecule has 1 rings (SSSR count). The lowest BCUT2D eigenvalue weighted by atomic mass is 10.1. The summed E-state index contributed by atoms with van der Waals surface area (Å²) >= 11 is 0. The fourth-order valence-corrected chi connectivity index (χ4v) is 1.47. The first-order valence-corrected chi connectivity index (χ1v) is 6.15. The highest BCUT2D eigenvalue weighted by molar-refractivity contribution is 5.75. The minimum Gasteiger partial charge on any atom is -0.497 e. The van der Waals surface area contributed by atoms with E-state index < -0.39 is 5.91 Å². The van der Waals surface area contributed by atoms with Crippen LogP contribution in [0.2, 0.25) is 0 Å². The Kier molecular flexibility index (Phi) is 5.18. The van der Waals surface area contributed by atoms with Crippen LogP contribution in [0.3, 0.4) is 0 Å². The molecule has 0 heterocycles. The summed E-state index contributed by atoms with van der Waals surface area (Å²) < 4.78 is 10.6. The second kappa shape index (κ2) is 6.43. The van der Waals surface area contributed by atoms with E-state index in [0.717, 1.165) is 11.3 Å². The zero-order chi connectivity index (χ0) is 14.5. The third-order valence-electron chi connectivity index (χ3n) is 2.45. The minimum absolute atomic E-state index is 0.00989. The molecular formula is C14H22N2O3. The first kappa shape index (κ1) is 15.3. The maximum absolute atomic E-state index is 10.8. The highest BCUT2D eigenvalue weighted by atomic mass is 16.5. The lowest BCUT2D eigenvalue weighted by molar-refractivity contribution is -0.119. The molecule has 5 heteroatoms. The second-order valence-corrected chi connectivity index (χ2v) is 5.33. The third-order valence-corrected chi connectivity index (χ3v) is 2.45. The number of primary amides is 1. The third kappa shape index (κ3) is 5.61. The Bertz CT molecular complexity index is 439. The molecule has 0 radical (unpaired) electrons. The number of carbonyl (C=O) groups excluding carboxylic acids is 1. The zero-order valence-corrected chi connectivity index (χ0v) is 11.9. The van der Waals surface area contributed by atoms with Crippen molar-refractivity contribution >= 4 is 5.91 Å². The van der Waals surface area contributed by atoms with Crippen LogP contribution in [0.5, 0.6) is 11.5 Å². The maximum atomic E-state index is 10.8. The molecule has 0 aliphatic rings. The van der Waals surface area contributed by atoms with Gasteiger partial charge in [-0.2, -0.15) is 0 Å². The zero-order valence-electron chi connectivity index (χ0n) is 11.9. The van der Waals surface area contributed by atoms with Gasteiger partial charge >= 0.3 is 0 Å². The van der Waals surface area contributed by atoms with Crippen LogP contribution < -0.4 is 20.5 Å². The molecule has 106 valence electrons. The maximum Gasteiger partial charge on any atom is 0.255 e. The van der Waals surface area contributed by atoms with Gasteiger partial charge in [0.1, 0.15) is 11.5 Å². The molecule has 0 aliphatic heterocycles. The average molecular weight is 266 g/mol. The molecule has 0 aromatic heterocycles. The molecule has 0 unspecified atom stereocenters. The lowest BCUT2D eigenvalue weighted by Gasteiger charge is -2.22. The van der Waals surface area contributed by atoms with E-state index >= 15 is 0 Å². The molecule has 1 aromatic rings. The van der Waals surface area contributed by atoms with Crippen molar-refractivity contribution in [1.29, 1.82) is 0 Å². The van der Waals surface area contributed by atoms with Crippen molar-refractivity contribution in [2.45, 2.75) is 32.9 Å². The van der Waals surface area contributed by atoms with Crippen LogP contribution in [0.1, 0.15) is 26.3 Å². The van der Waals surface area contributed by atoms with Gasteiger partial charge in [0.2, 0.25) is 0 Å². The van der Waals surface area contributed by atoms with E-state index in [1.54, 1.807) is 19.2 Å². The summed E-state index contributed by atoms with van der Waals surface area (Å²) in [5.74, 6) is 0.888. The smallest absolute Gasteiger partial charge is 0.255 e. The summed E-state index contributed by atoms with van der Waals surface area (Å²) in [6.45, 7) is 6.73. The molecule has 0 atom stereocenters. The standard InChI is InChI=1S/C14H22N2O3/c1-14(2,3)16-8-10-7-11(18-4)5-6-12(10)19-9-13(15)17/h5-7,16H,8-9H2,1-4H3,(H2,15,17). The van der Waals surface area contributed by atoms with Gasteiger partial charge < -0.3 is 20.5 Å². The Morgan fingerprint density at radius 3 is 2.58 bits per heavy atom. The molecule has 0 saturated heterocycles. The molecule has 0 spiro atoms. The van der Waals surface area contributed by atoms with Gasteiger partial charge in [0.05, 0.1) is 7.11 Å². The monoisotopic (exact) mass is 266 g/mol. The largest absolute Gasteiger partial charge is 0.497 e. The minimum atomic E-state index is -0.495. The number of hydrogen-bond donors (Lipinski definition) is 2. The number of amides is 1. The van der Waals surface area contributed by atoms with Crippen molar-refractivity contribution < 1.29 is 14.3 Å². The molecule has 0 aliphatic carbocycles.